The van der Waals surface area contributed by atoms with E-state index in [0.717, 1.165) is 11.3 Å². The molecule has 0 radical (unpaired) electrons. The molecule has 0 aliphatic carbocycles. The smallest absolute Gasteiger partial charge is 0.350 e. The van der Waals surface area contributed by atoms with Gasteiger partial charge in [0.15, 0.2) is 5.13 Å². The number of hydrogen-bond donors (Lipinski definition) is 1. The SMILES string of the molecule is COC(=O)c1sc(NC(=O)c2cccc(OCC(C)C)c2)nc1C. The molecule has 0 saturated carbocycles. The van der Waals surface area contributed by atoms with Crippen LogP contribution in [-0.2, 0) is 4.74 Å². The molecule has 0 fully saturated rings. The first-order valence-electron chi connectivity index (χ1n) is 7.50. The van der Waals surface area contributed by atoms with Gasteiger partial charge in [0.2, 0.25) is 0 Å². The molecule has 6 nitrogen and oxygen atoms in total. The Labute approximate surface area is 144 Å². The van der Waals surface area contributed by atoms with Crippen molar-refractivity contribution in [3.8, 4) is 5.75 Å². The molecule has 2 rings (SSSR count). The van der Waals surface area contributed by atoms with Gasteiger partial charge in [0.05, 0.1) is 19.4 Å². The van der Waals surface area contributed by atoms with E-state index < -0.39 is 5.97 Å². The first-order chi connectivity index (χ1) is 11.4. The average Bonchev–Trinajstić information content (AvgIpc) is 2.92. The van der Waals surface area contributed by atoms with Gasteiger partial charge in [0.1, 0.15) is 10.6 Å². The number of benzene rings is 1. The summed E-state index contributed by atoms with van der Waals surface area (Å²) in [5, 5.41) is 3.05. The van der Waals surface area contributed by atoms with Crippen molar-refractivity contribution >= 4 is 28.3 Å². The number of nitrogens with one attached hydrogen (secondary N) is 1. The molecule has 24 heavy (non-hydrogen) atoms. The van der Waals surface area contributed by atoms with Gasteiger partial charge in [-0.15, -0.1) is 0 Å². The van der Waals surface area contributed by atoms with Crippen LogP contribution < -0.4 is 10.1 Å². The van der Waals surface area contributed by atoms with Gasteiger partial charge in [-0.25, -0.2) is 9.78 Å². The predicted octanol–water partition coefficient (Wildman–Crippen LogP) is 3.53. The summed E-state index contributed by atoms with van der Waals surface area (Å²) in [5.74, 6) is 0.268. The minimum atomic E-state index is -0.463. The van der Waals surface area contributed by atoms with Crippen LogP contribution in [-0.4, -0.2) is 30.6 Å². The van der Waals surface area contributed by atoms with E-state index in [4.69, 9.17) is 4.74 Å². The lowest BCUT2D eigenvalue weighted by molar-refractivity contribution is 0.0605. The topological polar surface area (TPSA) is 77.5 Å². The number of carbonyl (C=O) groups excluding carboxylic acids is 2. The summed E-state index contributed by atoms with van der Waals surface area (Å²) in [6.45, 7) is 6.39. The van der Waals surface area contributed by atoms with Crippen LogP contribution in [0.5, 0.6) is 5.75 Å². The van der Waals surface area contributed by atoms with E-state index >= 15 is 0 Å². The van der Waals surface area contributed by atoms with E-state index in [1.165, 1.54) is 7.11 Å². The van der Waals surface area contributed by atoms with Crippen LogP contribution in [0.1, 0.15) is 39.6 Å². The van der Waals surface area contributed by atoms with Gasteiger partial charge in [-0.05, 0) is 31.0 Å². The maximum atomic E-state index is 12.3. The first kappa shape index (κ1) is 17.9. The van der Waals surface area contributed by atoms with Crippen molar-refractivity contribution in [3.05, 3.63) is 40.4 Å². The lowest BCUT2D eigenvalue weighted by Crippen LogP contribution is -2.12. The Morgan fingerprint density at radius 1 is 1.33 bits per heavy atom. The third-order valence-corrected chi connectivity index (χ3v) is 4.12. The molecule has 1 aromatic carbocycles. The Bertz CT molecular complexity index is 740. The Hall–Kier alpha value is -2.41. The number of aromatic nitrogens is 1. The lowest BCUT2D eigenvalue weighted by Gasteiger charge is -2.09. The number of amides is 1. The number of thiazole rings is 1. The monoisotopic (exact) mass is 348 g/mol. The summed E-state index contributed by atoms with van der Waals surface area (Å²) >= 11 is 1.08. The molecule has 7 heteroatoms. The minimum Gasteiger partial charge on any atom is -0.493 e. The Kier molecular flexibility index (Phi) is 5.92. The number of nitrogens with zero attached hydrogens (tertiary/aromatic N) is 1. The normalized spacial score (nSPS) is 10.5. The predicted molar refractivity (Wildman–Crippen MR) is 92.9 cm³/mol. The molecule has 2 aromatic rings. The quantitative estimate of drug-likeness (QED) is 0.808. The second-order valence-corrected chi connectivity index (χ2v) is 6.61. The van der Waals surface area contributed by atoms with Gasteiger partial charge < -0.3 is 9.47 Å². The molecule has 0 saturated heterocycles. The molecule has 1 N–H and O–H groups in total. The molecule has 1 amide bonds. The van der Waals surface area contributed by atoms with E-state index in [2.05, 4.69) is 28.9 Å². The second kappa shape index (κ2) is 7.92. The van der Waals surface area contributed by atoms with E-state index in [9.17, 15) is 9.59 Å². The van der Waals surface area contributed by atoms with Crippen LogP contribution in [0.3, 0.4) is 0 Å². The molecule has 0 unspecified atom stereocenters. The van der Waals surface area contributed by atoms with Crippen LogP contribution in [0.25, 0.3) is 0 Å². The van der Waals surface area contributed by atoms with Crippen LogP contribution in [0.2, 0.25) is 0 Å². The van der Waals surface area contributed by atoms with Crippen molar-refractivity contribution < 1.29 is 19.1 Å². The zero-order chi connectivity index (χ0) is 17.7. The lowest BCUT2D eigenvalue weighted by atomic mass is 10.2. The molecule has 0 aliphatic rings. The number of esters is 1. The van der Waals surface area contributed by atoms with Crippen molar-refractivity contribution in [1.29, 1.82) is 0 Å². The van der Waals surface area contributed by atoms with Crippen molar-refractivity contribution in [2.24, 2.45) is 5.92 Å². The molecule has 0 atom stereocenters. The highest BCUT2D eigenvalue weighted by Gasteiger charge is 2.17. The highest BCUT2D eigenvalue weighted by Crippen LogP contribution is 2.24. The zero-order valence-electron chi connectivity index (χ0n) is 14.1. The van der Waals surface area contributed by atoms with E-state index in [-0.39, 0.29) is 5.91 Å². The number of hydrogen-bond acceptors (Lipinski definition) is 6. The summed E-state index contributed by atoms with van der Waals surface area (Å²) in [4.78, 5) is 28.5. The Balaban J connectivity index is 2.10. The van der Waals surface area contributed by atoms with Crippen molar-refractivity contribution in [3.63, 3.8) is 0 Å². The number of ether oxygens (including phenoxy) is 2. The summed E-state index contributed by atoms with van der Waals surface area (Å²) in [5.41, 5.74) is 0.986. The second-order valence-electron chi connectivity index (χ2n) is 5.61. The number of aryl methyl sites for hydroxylation is 1. The van der Waals surface area contributed by atoms with Crippen LogP contribution in [0, 0.1) is 12.8 Å². The number of carbonyl (C=O) groups is 2. The van der Waals surface area contributed by atoms with Crippen LogP contribution in [0.15, 0.2) is 24.3 Å². The molecule has 128 valence electrons. The maximum Gasteiger partial charge on any atom is 0.350 e. The van der Waals surface area contributed by atoms with Gasteiger partial charge >= 0.3 is 5.97 Å². The summed E-state index contributed by atoms with van der Waals surface area (Å²) in [6.07, 6.45) is 0. The third kappa shape index (κ3) is 4.55. The largest absolute Gasteiger partial charge is 0.493 e. The van der Waals surface area contributed by atoms with Gasteiger partial charge in [-0.2, -0.15) is 0 Å². The number of methoxy groups -OCH3 is 1. The zero-order valence-corrected chi connectivity index (χ0v) is 14.9. The van der Waals surface area contributed by atoms with Crippen molar-refractivity contribution in [2.75, 3.05) is 19.0 Å². The van der Waals surface area contributed by atoms with Crippen molar-refractivity contribution in [2.45, 2.75) is 20.8 Å². The molecular formula is C17H20N2O4S. The van der Waals surface area contributed by atoms with Gasteiger partial charge in [-0.1, -0.05) is 31.3 Å². The highest BCUT2D eigenvalue weighted by molar-refractivity contribution is 7.17. The van der Waals surface area contributed by atoms with Crippen LogP contribution >= 0.6 is 11.3 Å². The number of rotatable bonds is 6. The summed E-state index contributed by atoms with van der Waals surface area (Å²) in [6, 6.07) is 6.94. The molecular weight excluding hydrogens is 328 g/mol. The Morgan fingerprint density at radius 3 is 2.75 bits per heavy atom. The third-order valence-electron chi connectivity index (χ3n) is 3.07. The minimum absolute atomic E-state index is 0.310. The summed E-state index contributed by atoms with van der Waals surface area (Å²) < 4.78 is 10.3. The molecule has 1 aromatic heterocycles. The average molecular weight is 348 g/mol. The van der Waals surface area contributed by atoms with E-state index in [1.54, 1.807) is 25.1 Å². The molecule has 0 spiro atoms. The first-order valence-corrected chi connectivity index (χ1v) is 8.32. The highest BCUT2D eigenvalue weighted by atomic mass is 32.1. The molecule has 0 bridgehead atoms. The van der Waals surface area contributed by atoms with Gasteiger partial charge in [0, 0.05) is 5.56 Å². The van der Waals surface area contributed by atoms with E-state index in [1.807, 2.05) is 6.07 Å². The molecule has 1 heterocycles. The van der Waals surface area contributed by atoms with Gasteiger partial charge in [0.25, 0.3) is 5.91 Å². The molecule has 0 aliphatic heterocycles. The fourth-order valence-electron chi connectivity index (χ4n) is 1.89. The van der Waals surface area contributed by atoms with Crippen LogP contribution in [0.4, 0.5) is 5.13 Å². The van der Waals surface area contributed by atoms with E-state index in [0.29, 0.717) is 39.5 Å². The fourth-order valence-corrected chi connectivity index (χ4v) is 2.77. The number of anilines is 1. The standard InChI is InChI=1S/C17H20N2O4S/c1-10(2)9-23-13-7-5-6-12(8-13)15(20)19-17-18-11(3)14(24-17)16(21)22-4/h5-8,10H,9H2,1-4H3,(H,18,19,20). The van der Waals surface area contributed by atoms with Crippen molar-refractivity contribution in [1.82, 2.24) is 4.98 Å². The van der Waals surface area contributed by atoms with Gasteiger partial charge in [-0.3, -0.25) is 10.1 Å². The summed E-state index contributed by atoms with van der Waals surface area (Å²) in [7, 11) is 1.31. The Morgan fingerprint density at radius 2 is 2.08 bits per heavy atom. The maximum absolute atomic E-state index is 12.3. The fraction of sp³-hybridized carbons (Fsp3) is 0.353.